The summed E-state index contributed by atoms with van der Waals surface area (Å²) in [6, 6.07) is 0.951. The van der Waals surface area contributed by atoms with Gasteiger partial charge in [0.1, 0.15) is 0 Å². The van der Waals surface area contributed by atoms with Crippen molar-refractivity contribution in [3.63, 3.8) is 0 Å². The van der Waals surface area contributed by atoms with Gasteiger partial charge in [0, 0.05) is 11.8 Å². The number of hydrogen-bond donors (Lipinski definition) is 0. The molecule has 0 bridgehead atoms. The van der Waals surface area contributed by atoms with Gasteiger partial charge in [0.15, 0.2) is 0 Å². The van der Waals surface area contributed by atoms with Crippen molar-refractivity contribution in [2.24, 2.45) is 0 Å². The van der Waals surface area contributed by atoms with Gasteiger partial charge in [-0.3, -0.25) is 4.90 Å². The Kier molecular flexibility index (Phi) is 2.19. The van der Waals surface area contributed by atoms with Gasteiger partial charge in [-0.1, -0.05) is 0 Å². The first-order valence-corrected chi connectivity index (χ1v) is 5.44. The van der Waals surface area contributed by atoms with E-state index in [-0.39, 0.29) is 0 Å². The van der Waals surface area contributed by atoms with Crippen molar-refractivity contribution in [2.75, 3.05) is 24.6 Å². The van der Waals surface area contributed by atoms with Crippen LogP contribution in [0.5, 0.6) is 0 Å². The average molecular weight is 157 g/mol. The van der Waals surface area contributed by atoms with Crippen molar-refractivity contribution in [2.45, 2.75) is 25.3 Å². The molecule has 0 amide bonds. The molecular weight excluding hydrogens is 142 g/mol. The molecular formula is C8H15NS. The first-order valence-electron chi connectivity index (χ1n) is 4.28. The van der Waals surface area contributed by atoms with Crippen LogP contribution in [-0.2, 0) is 0 Å². The highest BCUT2D eigenvalue weighted by Gasteiger charge is 2.24. The van der Waals surface area contributed by atoms with E-state index in [0.29, 0.717) is 0 Å². The van der Waals surface area contributed by atoms with E-state index in [1.165, 1.54) is 43.9 Å². The van der Waals surface area contributed by atoms with E-state index < -0.39 is 0 Å². The van der Waals surface area contributed by atoms with Gasteiger partial charge in [-0.05, 0) is 38.1 Å². The molecule has 2 heterocycles. The molecule has 0 unspecified atom stereocenters. The summed E-state index contributed by atoms with van der Waals surface area (Å²) in [7, 11) is 0. The Morgan fingerprint density at radius 3 is 2.60 bits per heavy atom. The lowest BCUT2D eigenvalue weighted by atomic mass is 10.2. The van der Waals surface area contributed by atoms with Gasteiger partial charge in [-0.2, -0.15) is 11.8 Å². The second-order valence-electron chi connectivity index (χ2n) is 3.26. The van der Waals surface area contributed by atoms with Gasteiger partial charge in [0.05, 0.1) is 0 Å². The van der Waals surface area contributed by atoms with Crippen LogP contribution in [-0.4, -0.2) is 35.5 Å². The lowest BCUT2D eigenvalue weighted by Gasteiger charge is -2.21. The molecule has 1 atom stereocenters. The average Bonchev–Trinajstić information content (AvgIpc) is 2.59. The van der Waals surface area contributed by atoms with Gasteiger partial charge in [-0.15, -0.1) is 0 Å². The Bertz CT molecular complexity index is 89.8. The Morgan fingerprint density at radius 1 is 1.20 bits per heavy atom. The molecule has 10 heavy (non-hydrogen) atoms. The number of nitrogens with zero attached hydrogens (tertiary/aromatic N) is 1. The predicted molar refractivity (Wildman–Crippen MR) is 46.5 cm³/mol. The molecule has 2 rings (SSSR count). The molecule has 2 fully saturated rings. The van der Waals surface area contributed by atoms with Gasteiger partial charge >= 0.3 is 0 Å². The number of thioether (sulfide) groups is 1. The van der Waals surface area contributed by atoms with E-state index in [0.717, 1.165) is 6.04 Å². The smallest absolute Gasteiger partial charge is 0.0194 e. The highest BCUT2D eigenvalue weighted by atomic mass is 32.2. The van der Waals surface area contributed by atoms with Crippen molar-refractivity contribution in [1.82, 2.24) is 4.90 Å². The van der Waals surface area contributed by atoms with E-state index in [4.69, 9.17) is 0 Å². The second-order valence-corrected chi connectivity index (χ2v) is 4.41. The molecule has 0 aromatic heterocycles. The quantitative estimate of drug-likeness (QED) is 0.568. The Morgan fingerprint density at radius 2 is 2.00 bits per heavy atom. The molecule has 58 valence electrons. The zero-order chi connectivity index (χ0) is 6.81. The van der Waals surface area contributed by atoms with Crippen molar-refractivity contribution in [1.29, 1.82) is 0 Å². The fourth-order valence-electron chi connectivity index (χ4n) is 1.92. The van der Waals surface area contributed by atoms with Crippen LogP contribution in [0.4, 0.5) is 0 Å². The zero-order valence-electron chi connectivity index (χ0n) is 6.38. The molecule has 0 aromatic rings. The van der Waals surface area contributed by atoms with Gasteiger partial charge < -0.3 is 0 Å². The van der Waals surface area contributed by atoms with Crippen LogP contribution < -0.4 is 0 Å². The maximum atomic E-state index is 2.68. The maximum Gasteiger partial charge on any atom is 0.0194 e. The second kappa shape index (κ2) is 3.14. The number of hydrogen-bond acceptors (Lipinski definition) is 2. The minimum absolute atomic E-state index is 0.951. The molecule has 0 radical (unpaired) electrons. The van der Waals surface area contributed by atoms with E-state index in [1.54, 1.807) is 0 Å². The molecule has 2 heteroatoms. The lowest BCUT2D eigenvalue weighted by Crippen LogP contribution is -2.32. The molecule has 2 aliphatic rings. The Hall–Kier alpha value is 0.310. The molecule has 0 saturated carbocycles. The van der Waals surface area contributed by atoms with Crippen LogP contribution in [0, 0.1) is 0 Å². The standard InChI is InChI=1S/C8H15NS/c1-2-5-9(4-1)8-3-6-10-7-8/h8H,1-7H2/t8-/m1/s1. The number of rotatable bonds is 1. The van der Waals surface area contributed by atoms with Crippen molar-refractivity contribution in [3.8, 4) is 0 Å². The Balaban J connectivity index is 1.85. The van der Waals surface area contributed by atoms with E-state index in [2.05, 4.69) is 16.7 Å². The largest absolute Gasteiger partial charge is 0.300 e. The van der Waals surface area contributed by atoms with E-state index >= 15 is 0 Å². The SMILES string of the molecule is C1CCN([C@@H]2CCSC2)C1. The molecule has 0 spiro atoms. The minimum atomic E-state index is 0.951. The highest BCUT2D eigenvalue weighted by molar-refractivity contribution is 7.99. The summed E-state index contributed by atoms with van der Waals surface area (Å²) in [6.45, 7) is 2.76. The fraction of sp³-hybridized carbons (Fsp3) is 1.00. The highest BCUT2D eigenvalue weighted by Crippen LogP contribution is 2.24. The first-order chi connectivity index (χ1) is 4.97. The van der Waals surface area contributed by atoms with Crippen molar-refractivity contribution < 1.29 is 0 Å². The maximum absolute atomic E-state index is 2.68. The molecule has 0 N–H and O–H groups in total. The topological polar surface area (TPSA) is 3.24 Å². The molecule has 0 aromatic carbocycles. The van der Waals surface area contributed by atoms with Crippen LogP contribution in [0.25, 0.3) is 0 Å². The normalized spacial score (nSPS) is 35.4. The monoisotopic (exact) mass is 157 g/mol. The van der Waals surface area contributed by atoms with Gasteiger partial charge in [0.2, 0.25) is 0 Å². The van der Waals surface area contributed by atoms with Crippen LogP contribution >= 0.6 is 11.8 Å². The van der Waals surface area contributed by atoms with Gasteiger partial charge in [0.25, 0.3) is 0 Å². The molecule has 0 aliphatic carbocycles. The van der Waals surface area contributed by atoms with Crippen LogP contribution in [0.2, 0.25) is 0 Å². The number of likely N-dealkylation sites (tertiary alicyclic amines) is 1. The van der Waals surface area contributed by atoms with Crippen LogP contribution in [0.3, 0.4) is 0 Å². The third-order valence-corrected chi connectivity index (χ3v) is 3.71. The molecule has 2 saturated heterocycles. The summed E-state index contributed by atoms with van der Waals surface area (Å²) < 4.78 is 0. The zero-order valence-corrected chi connectivity index (χ0v) is 7.20. The fourth-order valence-corrected chi connectivity index (χ4v) is 3.17. The first kappa shape index (κ1) is 6.99. The summed E-state index contributed by atoms with van der Waals surface area (Å²) in [5, 5.41) is 0. The van der Waals surface area contributed by atoms with Crippen molar-refractivity contribution in [3.05, 3.63) is 0 Å². The third kappa shape index (κ3) is 1.32. The van der Waals surface area contributed by atoms with Crippen LogP contribution in [0.1, 0.15) is 19.3 Å². The van der Waals surface area contributed by atoms with Crippen LogP contribution in [0.15, 0.2) is 0 Å². The molecule has 1 nitrogen and oxygen atoms in total. The predicted octanol–water partition coefficient (Wildman–Crippen LogP) is 1.59. The van der Waals surface area contributed by atoms with E-state index in [1.807, 2.05) is 0 Å². The molecule has 2 aliphatic heterocycles. The Labute approximate surface area is 67.2 Å². The van der Waals surface area contributed by atoms with Crippen molar-refractivity contribution >= 4 is 11.8 Å². The third-order valence-electron chi connectivity index (χ3n) is 2.56. The summed E-state index contributed by atoms with van der Waals surface area (Å²) in [5.41, 5.74) is 0. The summed E-state index contributed by atoms with van der Waals surface area (Å²) in [5.74, 6) is 2.81. The lowest BCUT2D eigenvalue weighted by molar-refractivity contribution is 0.264. The van der Waals surface area contributed by atoms with E-state index in [9.17, 15) is 0 Å². The summed E-state index contributed by atoms with van der Waals surface area (Å²) in [6.07, 6.45) is 4.34. The summed E-state index contributed by atoms with van der Waals surface area (Å²) in [4.78, 5) is 2.68. The van der Waals surface area contributed by atoms with Gasteiger partial charge in [-0.25, -0.2) is 0 Å². The minimum Gasteiger partial charge on any atom is -0.300 e. The summed E-state index contributed by atoms with van der Waals surface area (Å²) >= 11 is 2.13.